The average molecular weight is 456 g/mol. The Balaban J connectivity index is 1.45. The monoisotopic (exact) mass is 455 g/mol. The Bertz CT molecular complexity index is 1310. The Morgan fingerprint density at radius 2 is 1.56 bits per heavy atom. The fourth-order valence-corrected chi connectivity index (χ4v) is 3.73. The van der Waals surface area contributed by atoms with Gasteiger partial charge in [0.15, 0.2) is 0 Å². The van der Waals surface area contributed by atoms with E-state index in [1.54, 1.807) is 24.3 Å². The maximum Gasteiger partial charge on any atom is 0.325 e. The topological polar surface area (TPSA) is 89.4 Å². The van der Waals surface area contributed by atoms with Crippen LogP contribution in [0.2, 0.25) is 0 Å². The van der Waals surface area contributed by atoms with Crippen molar-refractivity contribution in [2.24, 2.45) is 0 Å². The number of esters is 1. The zero-order valence-electron chi connectivity index (χ0n) is 18.8. The number of benzene rings is 3. The molecule has 172 valence electrons. The van der Waals surface area contributed by atoms with Crippen LogP contribution >= 0.6 is 0 Å². The van der Waals surface area contributed by atoms with E-state index in [-0.39, 0.29) is 24.8 Å². The number of carbonyl (C=O) groups is 3. The zero-order chi connectivity index (χ0) is 23.9. The van der Waals surface area contributed by atoms with Gasteiger partial charge in [-0.15, -0.1) is 0 Å². The number of amides is 2. The second kappa shape index (κ2) is 10.5. The van der Waals surface area contributed by atoms with Gasteiger partial charge in [0.05, 0.1) is 19.1 Å². The minimum atomic E-state index is -0.503. The van der Waals surface area contributed by atoms with Crippen LogP contribution in [0.5, 0.6) is 0 Å². The molecule has 34 heavy (non-hydrogen) atoms. The summed E-state index contributed by atoms with van der Waals surface area (Å²) in [5.41, 5.74) is 4.13. The molecule has 0 unspecified atom stereocenters. The molecular formula is C27H25N3O4. The number of aromatic nitrogens is 1. The molecule has 1 heterocycles. The van der Waals surface area contributed by atoms with Gasteiger partial charge in [0, 0.05) is 29.3 Å². The molecule has 0 aliphatic heterocycles. The molecule has 0 saturated carbocycles. The number of methoxy groups -OCH3 is 1. The van der Waals surface area contributed by atoms with Gasteiger partial charge in [-0.3, -0.25) is 14.4 Å². The van der Waals surface area contributed by atoms with Crippen molar-refractivity contribution in [3.63, 3.8) is 0 Å². The summed E-state index contributed by atoms with van der Waals surface area (Å²) in [7, 11) is 1.27. The third kappa shape index (κ3) is 5.50. The lowest BCUT2D eigenvalue weighted by atomic mass is 10.1. The maximum absolute atomic E-state index is 13.1. The SMILES string of the molecule is COC(=O)CNC(=O)Cc1ccc(NC(=O)c2cn(Cc3ccccc3)c3ccccc23)cc1. The number of nitrogens with zero attached hydrogens (tertiary/aromatic N) is 1. The molecule has 7 nitrogen and oxygen atoms in total. The molecule has 4 rings (SSSR count). The fourth-order valence-electron chi connectivity index (χ4n) is 3.73. The lowest BCUT2D eigenvalue weighted by molar-refractivity contribution is -0.141. The molecule has 7 heteroatoms. The Labute approximate surface area is 197 Å². The third-order valence-corrected chi connectivity index (χ3v) is 5.46. The van der Waals surface area contributed by atoms with Gasteiger partial charge in [-0.1, -0.05) is 60.7 Å². The van der Waals surface area contributed by atoms with Gasteiger partial charge in [0.2, 0.25) is 5.91 Å². The summed E-state index contributed by atoms with van der Waals surface area (Å²) in [6.07, 6.45) is 2.01. The average Bonchev–Trinajstić information content (AvgIpc) is 3.23. The van der Waals surface area contributed by atoms with E-state index in [0.29, 0.717) is 17.8 Å². The van der Waals surface area contributed by atoms with E-state index in [2.05, 4.69) is 32.1 Å². The van der Waals surface area contributed by atoms with Crippen LogP contribution in [0, 0.1) is 0 Å². The van der Waals surface area contributed by atoms with Gasteiger partial charge in [0.25, 0.3) is 5.91 Å². The molecule has 2 N–H and O–H groups in total. The molecule has 1 aromatic heterocycles. The van der Waals surface area contributed by atoms with Crippen LogP contribution in [0.15, 0.2) is 85.1 Å². The molecule has 0 aliphatic rings. The summed E-state index contributed by atoms with van der Waals surface area (Å²) < 4.78 is 6.58. The predicted molar refractivity (Wildman–Crippen MR) is 131 cm³/mol. The van der Waals surface area contributed by atoms with Gasteiger partial charge >= 0.3 is 5.97 Å². The zero-order valence-corrected chi connectivity index (χ0v) is 18.8. The van der Waals surface area contributed by atoms with E-state index in [9.17, 15) is 14.4 Å². The van der Waals surface area contributed by atoms with Crippen LogP contribution in [-0.2, 0) is 27.3 Å². The fraction of sp³-hybridized carbons (Fsp3) is 0.148. The van der Waals surface area contributed by atoms with Crippen LogP contribution in [0.25, 0.3) is 10.9 Å². The van der Waals surface area contributed by atoms with Crippen molar-refractivity contribution in [3.05, 3.63) is 102 Å². The molecule has 0 aliphatic carbocycles. The number of rotatable bonds is 8. The maximum atomic E-state index is 13.1. The first-order valence-electron chi connectivity index (χ1n) is 10.9. The van der Waals surface area contributed by atoms with E-state index in [1.165, 1.54) is 7.11 Å². The number of carbonyl (C=O) groups excluding carboxylic acids is 3. The minimum absolute atomic E-state index is 0.123. The highest BCUT2D eigenvalue weighted by atomic mass is 16.5. The van der Waals surface area contributed by atoms with E-state index >= 15 is 0 Å². The van der Waals surface area contributed by atoms with Crippen molar-refractivity contribution in [1.82, 2.24) is 9.88 Å². The molecule has 3 aromatic carbocycles. The number of anilines is 1. The number of hydrogen-bond acceptors (Lipinski definition) is 4. The van der Waals surface area contributed by atoms with Crippen molar-refractivity contribution in [1.29, 1.82) is 0 Å². The standard InChI is InChI=1S/C27H25N3O4/c1-34-26(32)16-28-25(31)15-19-11-13-21(14-12-19)29-27(33)23-18-30(17-20-7-3-2-4-8-20)24-10-6-5-9-22(23)24/h2-14,18H,15-17H2,1H3,(H,28,31)(H,29,33). The largest absolute Gasteiger partial charge is 0.468 e. The second-order valence-electron chi connectivity index (χ2n) is 7.85. The predicted octanol–water partition coefficient (Wildman–Crippen LogP) is 3.77. The van der Waals surface area contributed by atoms with Crippen molar-refractivity contribution in [2.75, 3.05) is 19.0 Å². The van der Waals surface area contributed by atoms with Crippen molar-refractivity contribution in [2.45, 2.75) is 13.0 Å². The van der Waals surface area contributed by atoms with Gasteiger partial charge in [0.1, 0.15) is 6.54 Å². The summed E-state index contributed by atoms with van der Waals surface area (Å²) >= 11 is 0. The first-order chi connectivity index (χ1) is 16.5. The number of hydrogen-bond donors (Lipinski definition) is 2. The van der Waals surface area contributed by atoms with Crippen LogP contribution in [0.1, 0.15) is 21.5 Å². The molecule has 4 aromatic rings. The van der Waals surface area contributed by atoms with E-state index < -0.39 is 5.97 Å². The Morgan fingerprint density at radius 1 is 0.853 bits per heavy atom. The summed E-state index contributed by atoms with van der Waals surface area (Å²) in [4.78, 5) is 36.2. The normalized spacial score (nSPS) is 10.6. The van der Waals surface area contributed by atoms with Crippen LogP contribution in [0.3, 0.4) is 0 Å². The highest BCUT2D eigenvalue weighted by Gasteiger charge is 2.15. The second-order valence-corrected chi connectivity index (χ2v) is 7.85. The lowest BCUT2D eigenvalue weighted by Gasteiger charge is -2.07. The summed E-state index contributed by atoms with van der Waals surface area (Å²) in [6, 6.07) is 25.0. The quantitative estimate of drug-likeness (QED) is 0.396. The highest BCUT2D eigenvalue weighted by molar-refractivity contribution is 6.13. The van der Waals surface area contributed by atoms with Crippen LogP contribution < -0.4 is 10.6 Å². The lowest BCUT2D eigenvalue weighted by Crippen LogP contribution is -2.31. The molecule has 0 spiro atoms. The van der Waals surface area contributed by atoms with Gasteiger partial charge in [-0.05, 0) is 29.3 Å². The van der Waals surface area contributed by atoms with Crippen LogP contribution in [-0.4, -0.2) is 36.0 Å². The summed E-state index contributed by atoms with van der Waals surface area (Å²) in [5.74, 6) is -0.989. The number of fused-ring (bicyclic) bond motifs is 1. The first kappa shape index (κ1) is 22.8. The van der Waals surface area contributed by atoms with E-state index in [1.807, 2.05) is 48.7 Å². The molecule has 0 atom stereocenters. The number of ether oxygens (including phenoxy) is 1. The Morgan fingerprint density at radius 3 is 2.29 bits per heavy atom. The molecule has 0 fully saturated rings. The van der Waals surface area contributed by atoms with E-state index in [0.717, 1.165) is 22.0 Å². The first-order valence-corrected chi connectivity index (χ1v) is 10.9. The number of para-hydroxylation sites is 1. The van der Waals surface area contributed by atoms with E-state index in [4.69, 9.17) is 0 Å². The van der Waals surface area contributed by atoms with Crippen LogP contribution in [0.4, 0.5) is 5.69 Å². The summed E-state index contributed by atoms with van der Waals surface area (Å²) in [5, 5.41) is 6.33. The Hall–Kier alpha value is -4.39. The van der Waals surface area contributed by atoms with Crippen molar-refractivity contribution in [3.8, 4) is 0 Å². The third-order valence-electron chi connectivity index (χ3n) is 5.46. The van der Waals surface area contributed by atoms with Crippen molar-refractivity contribution >= 4 is 34.4 Å². The summed E-state index contributed by atoms with van der Waals surface area (Å²) in [6.45, 7) is 0.503. The Kier molecular flexibility index (Phi) is 7.03. The molecule has 0 radical (unpaired) electrons. The van der Waals surface area contributed by atoms with Gasteiger partial charge in [-0.2, -0.15) is 0 Å². The molecule has 0 bridgehead atoms. The van der Waals surface area contributed by atoms with Crippen molar-refractivity contribution < 1.29 is 19.1 Å². The molecule has 2 amide bonds. The van der Waals surface area contributed by atoms with Gasteiger partial charge in [-0.25, -0.2) is 0 Å². The highest BCUT2D eigenvalue weighted by Crippen LogP contribution is 2.24. The molecular weight excluding hydrogens is 430 g/mol. The smallest absolute Gasteiger partial charge is 0.325 e. The number of nitrogens with one attached hydrogen (secondary N) is 2. The minimum Gasteiger partial charge on any atom is -0.468 e. The molecule has 0 saturated heterocycles. The van der Waals surface area contributed by atoms with Gasteiger partial charge < -0.3 is 19.9 Å².